The van der Waals surface area contributed by atoms with E-state index >= 15 is 0 Å². The predicted molar refractivity (Wildman–Crippen MR) is 100 cm³/mol. The molecule has 0 radical (unpaired) electrons. The molecular formula is C19H15BrFNO2S. The van der Waals surface area contributed by atoms with Gasteiger partial charge in [-0.15, -0.1) is 0 Å². The van der Waals surface area contributed by atoms with Crippen molar-refractivity contribution in [1.82, 2.24) is 0 Å². The van der Waals surface area contributed by atoms with Gasteiger partial charge in [-0.25, -0.2) is 12.8 Å². The van der Waals surface area contributed by atoms with Gasteiger partial charge in [0.05, 0.1) is 17.1 Å². The number of hydrogen-bond donors (Lipinski definition) is 0. The first-order chi connectivity index (χ1) is 12.0. The molecule has 0 N–H and O–H groups in total. The van der Waals surface area contributed by atoms with E-state index in [4.69, 9.17) is 0 Å². The van der Waals surface area contributed by atoms with Crippen molar-refractivity contribution in [2.45, 2.75) is 11.4 Å². The second-order valence-electron chi connectivity index (χ2n) is 5.43. The highest BCUT2D eigenvalue weighted by Crippen LogP contribution is 2.26. The highest BCUT2D eigenvalue weighted by Gasteiger charge is 2.25. The van der Waals surface area contributed by atoms with Crippen LogP contribution in [-0.2, 0) is 16.6 Å². The molecular weight excluding hydrogens is 405 g/mol. The number of sulfonamides is 1. The average Bonchev–Trinajstić information content (AvgIpc) is 2.62. The molecule has 25 heavy (non-hydrogen) atoms. The first kappa shape index (κ1) is 17.6. The lowest BCUT2D eigenvalue weighted by atomic mass is 10.2. The van der Waals surface area contributed by atoms with Crippen LogP contribution in [0, 0.1) is 5.82 Å². The minimum atomic E-state index is -3.82. The Morgan fingerprint density at radius 1 is 0.880 bits per heavy atom. The summed E-state index contributed by atoms with van der Waals surface area (Å²) in [5.74, 6) is -0.485. The van der Waals surface area contributed by atoms with Gasteiger partial charge in [-0.1, -0.05) is 52.3 Å². The molecule has 0 saturated carbocycles. The van der Waals surface area contributed by atoms with Crippen molar-refractivity contribution in [2.24, 2.45) is 0 Å². The Kier molecular flexibility index (Phi) is 5.20. The van der Waals surface area contributed by atoms with E-state index in [9.17, 15) is 12.8 Å². The smallest absolute Gasteiger partial charge is 0.262 e. The van der Waals surface area contributed by atoms with Crippen LogP contribution < -0.4 is 4.31 Å². The fourth-order valence-corrected chi connectivity index (χ4v) is 4.15. The average molecular weight is 420 g/mol. The van der Waals surface area contributed by atoms with E-state index in [1.54, 1.807) is 24.3 Å². The molecule has 0 unspecified atom stereocenters. The van der Waals surface area contributed by atoms with Gasteiger partial charge in [0, 0.05) is 4.47 Å². The van der Waals surface area contributed by atoms with Crippen LogP contribution in [0.25, 0.3) is 0 Å². The third kappa shape index (κ3) is 4.08. The van der Waals surface area contributed by atoms with Crippen molar-refractivity contribution in [1.29, 1.82) is 0 Å². The van der Waals surface area contributed by atoms with Crippen LogP contribution in [-0.4, -0.2) is 8.42 Å². The molecule has 3 nitrogen and oxygen atoms in total. The Labute approximate surface area is 154 Å². The van der Waals surface area contributed by atoms with Crippen LogP contribution in [0.2, 0.25) is 0 Å². The Bertz CT molecular complexity index is 960. The summed E-state index contributed by atoms with van der Waals surface area (Å²) in [4.78, 5) is 0.163. The van der Waals surface area contributed by atoms with Gasteiger partial charge < -0.3 is 0 Å². The van der Waals surface area contributed by atoms with Crippen LogP contribution in [0.15, 0.2) is 88.2 Å². The van der Waals surface area contributed by atoms with Crippen molar-refractivity contribution in [3.8, 4) is 0 Å². The summed E-state index contributed by atoms with van der Waals surface area (Å²) < 4.78 is 42.0. The van der Waals surface area contributed by atoms with Crippen molar-refractivity contribution in [3.63, 3.8) is 0 Å². The molecule has 0 spiro atoms. The van der Waals surface area contributed by atoms with Gasteiger partial charge in [-0.05, 0) is 48.0 Å². The number of nitrogens with zero attached hydrogens (tertiary/aromatic N) is 1. The molecule has 128 valence electrons. The van der Waals surface area contributed by atoms with Crippen molar-refractivity contribution >= 4 is 31.6 Å². The van der Waals surface area contributed by atoms with Gasteiger partial charge in [-0.3, -0.25) is 4.31 Å². The van der Waals surface area contributed by atoms with E-state index < -0.39 is 15.8 Å². The number of hydrogen-bond acceptors (Lipinski definition) is 2. The van der Waals surface area contributed by atoms with E-state index in [2.05, 4.69) is 15.9 Å². The molecule has 0 aliphatic rings. The van der Waals surface area contributed by atoms with E-state index in [0.717, 1.165) is 10.0 Å². The van der Waals surface area contributed by atoms with Gasteiger partial charge in [0.25, 0.3) is 10.0 Å². The molecule has 3 aromatic carbocycles. The normalized spacial score (nSPS) is 11.3. The minimum absolute atomic E-state index is 0.105. The maximum Gasteiger partial charge on any atom is 0.264 e. The number of rotatable bonds is 5. The summed E-state index contributed by atoms with van der Waals surface area (Å²) in [7, 11) is -3.82. The minimum Gasteiger partial charge on any atom is -0.262 e. The zero-order valence-corrected chi connectivity index (χ0v) is 15.5. The molecule has 0 bridgehead atoms. The summed E-state index contributed by atoms with van der Waals surface area (Å²) >= 11 is 3.36. The Hall–Kier alpha value is -2.18. The van der Waals surface area contributed by atoms with Crippen molar-refractivity contribution in [3.05, 3.63) is 94.7 Å². The Balaban J connectivity index is 2.07. The van der Waals surface area contributed by atoms with Crippen LogP contribution in [0.4, 0.5) is 10.1 Å². The maximum absolute atomic E-state index is 13.7. The van der Waals surface area contributed by atoms with Gasteiger partial charge in [-0.2, -0.15) is 0 Å². The maximum atomic E-state index is 13.7. The number of benzene rings is 3. The fraction of sp³-hybridized carbons (Fsp3) is 0.0526. The van der Waals surface area contributed by atoms with Crippen LogP contribution in [0.1, 0.15) is 5.56 Å². The monoisotopic (exact) mass is 419 g/mol. The van der Waals surface area contributed by atoms with E-state index in [0.29, 0.717) is 0 Å². The van der Waals surface area contributed by atoms with Gasteiger partial charge in [0.2, 0.25) is 0 Å². The Morgan fingerprint density at radius 3 is 2.20 bits per heavy atom. The zero-order chi connectivity index (χ0) is 17.9. The fourth-order valence-electron chi connectivity index (χ4n) is 2.42. The largest absolute Gasteiger partial charge is 0.264 e. The molecule has 0 atom stereocenters. The number of anilines is 1. The SMILES string of the molecule is O=S(=O)(c1ccccc1)N(Cc1ccc(Br)cc1)c1cccc(F)c1. The summed E-state index contributed by atoms with van der Waals surface area (Å²) in [6, 6.07) is 21.1. The van der Waals surface area contributed by atoms with Gasteiger partial charge >= 0.3 is 0 Å². The topological polar surface area (TPSA) is 37.4 Å². The van der Waals surface area contributed by atoms with Crippen LogP contribution >= 0.6 is 15.9 Å². The summed E-state index contributed by atoms with van der Waals surface area (Å²) in [5, 5.41) is 0. The molecule has 0 aromatic heterocycles. The van der Waals surface area contributed by atoms with Gasteiger partial charge in [0.1, 0.15) is 5.82 Å². The van der Waals surface area contributed by atoms with Crippen molar-refractivity contribution < 1.29 is 12.8 Å². The highest BCUT2D eigenvalue weighted by atomic mass is 79.9. The second kappa shape index (κ2) is 7.37. The third-order valence-corrected chi connectivity index (χ3v) is 5.98. The van der Waals surface area contributed by atoms with Crippen LogP contribution in [0.5, 0.6) is 0 Å². The van der Waals surface area contributed by atoms with E-state index in [1.165, 1.54) is 34.6 Å². The number of halogens is 2. The molecule has 3 aromatic rings. The van der Waals surface area contributed by atoms with Crippen LogP contribution in [0.3, 0.4) is 0 Å². The highest BCUT2D eigenvalue weighted by molar-refractivity contribution is 9.10. The predicted octanol–water partition coefficient (Wildman–Crippen LogP) is 4.98. The molecule has 3 rings (SSSR count). The van der Waals surface area contributed by atoms with E-state index in [-0.39, 0.29) is 17.1 Å². The zero-order valence-electron chi connectivity index (χ0n) is 13.1. The summed E-state index contributed by atoms with van der Waals surface area (Å²) in [5.41, 5.74) is 1.08. The van der Waals surface area contributed by atoms with E-state index in [1.807, 2.05) is 24.3 Å². The summed E-state index contributed by atoms with van der Waals surface area (Å²) in [6.45, 7) is 0.105. The molecule has 0 aliphatic carbocycles. The lowest BCUT2D eigenvalue weighted by molar-refractivity contribution is 0.590. The molecule has 0 aliphatic heterocycles. The quantitative estimate of drug-likeness (QED) is 0.584. The third-order valence-electron chi connectivity index (χ3n) is 3.67. The lowest BCUT2D eigenvalue weighted by Gasteiger charge is -2.25. The molecule has 0 fully saturated rings. The first-order valence-corrected chi connectivity index (χ1v) is 9.78. The second-order valence-corrected chi connectivity index (χ2v) is 8.21. The molecule has 6 heteroatoms. The first-order valence-electron chi connectivity index (χ1n) is 7.54. The standard InChI is InChI=1S/C19H15BrFNO2S/c20-16-11-9-15(10-12-16)14-22(18-6-4-5-17(21)13-18)25(23,24)19-7-2-1-3-8-19/h1-13H,14H2. The molecule has 0 amide bonds. The van der Waals surface area contributed by atoms with Gasteiger partial charge in [0.15, 0.2) is 0 Å². The Morgan fingerprint density at radius 2 is 1.56 bits per heavy atom. The summed E-state index contributed by atoms with van der Waals surface area (Å²) in [6.07, 6.45) is 0. The molecule has 0 saturated heterocycles. The van der Waals surface area contributed by atoms with Crippen molar-refractivity contribution in [2.75, 3.05) is 4.31 Å². The lowest BCUT2D eigenvalue weighted by Crippen LogP contribution is -2.30. The molecule has 0 heterocycles.